The van der Waals surface area contributed by atoms with E-state index in [9.17, 15) is 13.2 Å². The van der Waals surface area contributed by atoms with E-state index >= 15 is 0 Å². The minimum Gasteiger partial charge on any atom is -0.383 e. The van der Waals surface area contributed by atoms with E-state index < -0.39 is 10.0 Å². The third kappa shape index (κ3) is 5.85. The molecule has 0 spiro atoms. The Balaban J connectivity index is 1.79. The zero-order chi connectivity index (χ0) is 20.7. The van der Waals surface area contributed by atoms with E-state index in [1.54, 1.807) is 30.3 Å². The normalized spacial score (nSPS) is 14.8. The molecular formula is C21H27N3O4S. The Morgan fingerprint density at radius 1 is 1.21 bits per heavy atom. The van der Waals surface area contributed by atoms with Crippen LogP contribution in [0.5, 0.6) is 0 Å². The Morgan fingerprint density at radius 2 is 2.00 bits per heavy atom. The van der Waals surface area contributed by atoms with Crippen molar-refractivity contribution >= 4 is 15.9 Å². The summed E-state index contributed by atoms with van der Waals surface area (Å²) in [5.74, 6) is -0.259. The minimum atomic E-state index is -3.66. The molecule has 1 fully saturated rings. The number of nitrogens with one attached hydrogen (secondary N) is 1. The molecular weight excluding hydrogens is 390 g/mol. The van der Waals surface area contributed by atoms with Crippen molar-refractivity contribution in [2.45, 2.75) is 43.2 Å². The van der Waals surface area contributed by atoms with Crippen LogP contribution in [0.2, 0.25) is 0 Å². The van der Waals surface area contributed by atoms with Crippen LogP contribution in [0.3, 0.4) is 0 Å². The van der Waals surface area contributed by atoms with Crippen molar-refractivity contribution in [3.8, 4) is 0 Å². The molecule has 1 aliphatic rings. The van der Waals surface area contributed by atoms with E-state index in [4.69, 9.17) is 4.74 Å². The molecule has 1 N–H and O–H groups in total. The van der Waals surface area contributed by atoms with E-state index in [-0.39, 0.29) is 16.8 Å². The van der Waals surface area contributed by atoms with Gasteiger partial charge in [0.05, 0.1) is 23.7 Å². The summed E-state index contributed by atoms with van der Waals surface area (Å²) < 4.78 is 33.3. The smallest absolute Gasteiger partial charge is 0.254 e. The highest BCUT2D eigenvalue weighted by atomic mass is 32.2. The predicted molar refractivity (Wildman–Crippen MR) is 110 cm³/mol. The summed E-state index contributed by atoms with van der Waals surface area (Å²) in [6.45, 7) is 1.07. The van der Waals surface area contributed by atoms with Gasteiger partial charge >= 0.3 is 0 Å². The van der Waals surface area contributed by atoms with E-state index in [1.165, 1.54) is 12.1 Å². The number of aromatic nitrogens is 1. The molecule has 8 heteroatoms. The maximum atomic E-state index is 13.1. The van der Waals surface area contributed by atoms with Gasteiger partial charge in [-0.3, -0.25) is 9.78 Å². The number of carbonyl (C=O) groups is 1. The van der Waals surface area contributed by atoms with Gasteiger partial charge in [0.25, 0.3) is 5.91 Å². The fourth-order valence-electron chi connectivity index (χ4n) is 3.45. The second-order valence-corrected chi connectivity index (χ2v) is 8.89. The van der Waals surface area contributed by atoms with Crippen molar-refractivity contribution in [2.24, 2.45) is 0 Å². The number of ether oxygens (including phenoxy) is 1. The quantitative estimate of drug-likeness (QED) is 0.677. The van der Waals surface area contributed by atoms with Crippen molar-refractivity contribution < 1.29 is 17.9 Å². The summed E-state index contributed by atoms with van der Waals surface area (Å²) in [7, 11) is -2.08. The third-order valence-electron chi connectivity index (χ3n) is 5.00. The summed E-state index contributed by atoms with van der Waals surface area (Å²) in [6, 6.07) is 11.7. The lowest BCUT2D eigenvalue weighted by Gasteiger charge is -2.22. The first-order valence-electron chi connectivity index (χ1n) is 9.80. The van der Waals surface area contributed by atoms with Crippen molar-refractivity contribution in [3.05, 3.63) is 59.9 Å². The van der Waals surface area contributed by atoms with Crippen LogP contribution in [-0.4, -0.2) is 50.5 Å². The SMILES string of the molecule is COCCN(Cc1ccccn1)C(=O)c1cccc(S(=O)(=O)NC2CCCC2)c1. The Labute approximate surface area is 172 Å². The van der Waals surface area contributed by atoms with Crippen molar-refractivity contribution in [1.29, 1.82) is 0 Å². The second kappa shape index (κ2) is 9.96. The largest absolute Gasteiger partial charge is 0.383 e. The average molecular weight is 418 g/mol. The average Bonchev–Trinajstić information content (AvgIpc) is 3.24. The van der Waals surface area contributed by atoms with Crippen LogP contribution in [0.1, 0.15) is 41.7 Å². The molecule has 1 heterocycles. The number of nitrogens with zero attached hydrogens (tertiary/aromatic N) is 2. The minimum absolute atomic E-state index is 0.0262. The van der Waals surface area contributed by atoms with Gasteiger partial charge in [0, 0.05) is 31.5 Å². The van der Waals surface area contributed by atoms with Gasteiger partial charge in [0.15, 0.2) is 0 Å². The molecule has 1 aliphatic carbocycles. The monoisotopic (exact) mass is 417 g/mol. The van der Waals surface area contributed by atoms with E-state index in [1.807, 2.05) is 18.2 Å². The predicted octanol–water partition coefficient (Wildman–Crippen LogP) is 2.59. The molecule has 0 radical (unpaired) electrons. The zero-order valence-corrected chi connectivity index (χ0v) is 17.4. The zero-order valence-electron chi connectivity index (χ0n) is 16.6. The first-order valence-corrected chi connectivity index (χ1v) is 11.3. The number of hydrogen-bond acceptors (Lipinski definition) is 5. The van der Waals surface area contributed by atoms with Crippen LogP contribution in [0.15, 0.2) is 53.6 Å². The molecule has 0 bridgehead atoms. The molecule has 3 rings (SSSR count). The molecule has 7 nitrogen and oxygen atoms in total. The lowest BCUT2D eigenvalue weighted by atomic mass is 10.2. The Hall–Kier alpha value is -2.29. The lowest BCUT2D eigenvalue weighted by Crippen LogP contribution is -2.34. The van der Waals surface area contributed by atoms with Crippen LogP contribution < -0.4 is 4.72 Å². The van der Waals surface area contributed by atoms with Gasteiger partial charge in [0.2, 0.25) is 10.0 Å². The first kappa shape index (κ1) is 21.4. The number of amides is 1. The van der Waals surface area contributed by atoms with Gasteiger partial charge in [-0.2, -0.15) is 0 Å². The van der Waals surface area contributed by atoms with Crippen molar-refractivity contribution in [3.63, 3.8) is 0 Å². The standard InChI is InChI=1S/C21H27N3O4S/c1-28-14-13-24(16-19-10-4-5-12-22-19)21(25)17-7-6-11-20(15-17)29(26,27)23-18-8-2-3-9-18/h4-7,10-12,15,18,23H,2-3,8-9,13-14,16H2,1H3. The van der Waals surface area contributed by atoms with Gasteiger partial charge in [-0.25, -0.2) is 13.1 Å². The summed E-state index contributed by atoms with van der Waals surface area (Å²) in [5, 5.41) is 0. The van der Waals surface area contributed by atoms with Crippen molar-refractivity contribution in [1.82, 2.24) is 14.6 Å². The maximum Gasteiger partial charge on any atom is 0.254 e. The Bertz CT molecular complexity index is 913. The summed E-state index contributed by atoms with van der Waals surface area (Å²) >= 11 is 0. The number of carbonyl (C=O) groups excluding carboxylic acids is 1. The first-order chi connectivity index (χ1) is 14.0. The molecule has 1 amide bonds. The van der Waals surface area contributed by atoms with Gasteiger partial charge in [-0.15, -0.1) is 0 Å². The van der Waals surface area contributed by atoms with Gasteiger partial charge in [-0.1, -0.05) is 25.0 Å². The van der Waals surface area contributed by atoms with Crippen LogP contribution in [0, 0.1) is 0 Å². The molecule has 0 saturated heterocycles. The molecule has 156 valence electrons. The molecule has 0 atom stereocenters. The number of sulfonamides is 1. The van der Waals surface area contributed by atoms with E-state index in [0.717, 1.165) is 31.4 Å². The van der Waals surface area contributed by atoms with Gasteiger partial charge in [0.1, 0.15) is 0 Å². The molecule has 0 unspecified atom stereocenters. The van der Waals surface area contributed by atoms with E-state index in [2.05, 4.69) is 9.71 Å². The number of rotatable bonds is 9. The third-order valence-corrected chi connectivity index (χ3v) is 6.52. The summed E-state index contributed by atoms with van der Waals surface area (Å²) in [6.07, 6.45) is 5.46. The second-order valence-electron chi connectivity index (χ2n) is 7.17. The molecule has 1 aromatic carbocycles. The van der Waals surface area contributed by atoms with E-state index in [0.29, 0.717) is 25.3 Å². The van der Waals surface area contributed by atoms with Crippen LogP contribution in [-0.2, 0) is 21.3 Å². The number of hydrogen-bond donors (Lipinski definition) is 1. The highest BCUT2D eigenvalue weighted by Crippen LogP contribution is 2.21. The van der Waals surface area contributed by atoms with Crippen molar-refractivity contribution in [2.75, 3.05) is 20.3 Å². The van der Waals surface area contributed by atoms with Crippen LogP contribution >= 0.6 is 0 Å². The lowest BCUT2D eigenvalue weighted by molar-refractivity contribution is 0.0677. The number of methoxy groups -OCH3 is 1. The Morgan fingerprint density at radius 3 is 2.69 bits per heavy atom. The molecule has 1 aromatic heterocycles. The summed E-state index contributed by atoms with van der Waals surface area (Å²) in [4.78, 5) is 19.1. The number of pyridine rings is 1. The topological polar surface area (TPSA) is 88.6 Å². The summed E-state index contributed by atoms with van der Waals surface area (Å²) in [5.41, 5.74) is 1.08. The van der Waals surface area contributed by atoms with Crippen LogP contribution in [0.4, 0.5) is 0 Å². The van der Waals surface area contributed by atoms with Crippen LogP contribution in [0.25, 0.3) is 0 Å². The Kier molecular flexibility index (Phi) is 7.35. The molecule has 1 saturated carbocycles. The fourth-order valence-corrected chi connectivity index (χ4v) is 4.80. The van der Waals surface area contributed by atoms with Gasteiger partial charge in [-0.05, 0) is 43.2 Å². The molecule has 29 heavy (non-hydrogen) atoms. The number of benzene rings is 1. The highest BCUT2D eigenvalue weighted by molar-refractivity contribution is 7.89. The molecule has 0 aliphatic heterocycles. The van der Waals surface area contributed by atoms with Gasteiger partial charge < -0.3 is 9.64 Å². The highest BCUT2D eigenvalue weighted by Gasteiger charge is 2.24. The fraction of sp³-hybridized carbons (Fsp3) is 0.429. The molecule has 2 aromatic rings. The maximum absolute atomic E-state index is 13.1.